The molecule has 1 saturated heterocycles. The molecule has 2 amide bonds. The number of hydrogen-bond donors (Lipinski definition) is 0. The number of hydrogen-bond acceptors (Lipinski definition) is 8. The Morgan fingerprint density at radius 3 is 2.45 bits per heavy atom. The number of thioether (sulfide) groups is 1. The fourth-order valence-corrected chi connectivity index (χ4v) is 5.26. The molecule has 1 aliphatic rings. The fraction of sp³-hybridized carbons (Fsp3) is 0.321. The highest BCUT2D eigenvalue weighted by Gasteiger charge is 2.31. The standard InChI is InChI=1S/C28H27F3N6O4S/c1-2-40-27(39)36-13-11-35(12-14-36)25(38)22-17-41-24(32-22)18-42-26-34-33-23(15-19-7-4-3-5-8-19)37(26)21-10-6-9-20(16-21)28(29,30)31/h3-10,16-17H,2,11-15,18H2,1H3. The SMILES string of the molecule is CCOC(=O)N1CCN(C(=O)c2coc(CSc3nnc(Cc4ccccc4)n3-c3cccc(C(F)(F)F)c3)n2)CC1. The summed E-state index contributed by atoms with van der Waals surface area (Å²) < 4.78 is 52.6. The van der Waals surface area contributed by atoms with Crippen molar-refractivity contribution in [3.8, 4) is 5.69 Å². The molecule has 14 heteroatoms. The smallest absolute Gasteiger partial charge is 0.416 e. The van der Waals surface area contributed by atoms with Crippen molar-refractivity contribution in [2.75, 3.05) is 32.8 Å². The van der Waals surface area contributed by atoms with Crippen LogP contribution in [0.5, 0.6) is 0 Å². The molecule has 0 N–H and O–H groups in total. The molecule has 0 radical (unpaired) electrons. The van der Waals surface area contributed by atoms with Crippen LogP contribution in [0.25, 0.3) is 5.69 Å². The molecule has 5 rings (SSSR count). The van der Waals surface area contributed by atoms with E-state index in [-0.39, 0.29) is 35.5 Å². The van der Waals surface area contributed by atoms with Crippen molar-refractivity contribution in [3.63, 3.8) is 0 Å². The summed E-state index contributed by atoms with van der Waals surface area (Å²) in [6.45, 7) is 3.38. The third-order valence-electron chi connectivity index (χ3n) is 6.53. The molecule has 1 aliphatic heterocycles. The Hall–Kier alpha value is -4.33. The van der Waals surface area contributed by atoms with Crippen molar-refractivity contribution in [1.29, 1.82) is 0 Å². The Morgan fingerprint density at radius 2 is 1.74 bits per heavy atom. The Labute approximate surface area is 243 Å². The highest BCUT2D eigenvalue weighted by molar-refractivity contribution is 7.98. The van der Waals surface area contributed by atoms with Gasteiger partial charge in [0.2, 0.25) is 5.89 Å². The van der Waals surface area contributed by atoms with Gasteiger partial charge >= 0.3 is 12.3 Å². The topological polar surface area (TPSA) is 107 Å². The number of piperazine rings is 1. The summed E-state index contributed by atoms with van der Waals surface area (Å²) in [5.41, 5.74) is 0.538. The van der Waals surface area contributed by atoms with E-state index in [1.165, 1.54) is 24.1 Å². The number of amides is 2. The van der Waals surface area contributed by atoms with Gasteiger partial charge in [0.1, 0.15) is 12.1 Å². The zero-order valence-corrected chi connectivity index (χ0v) is 23.4. The Balaban J connectivity index is 1.31. The maximum absolute atomic E-state index is 13.5. The monoisotopic (exact) mass is 600 g/mol. The first-order valence-electron chi connectivity index (χ1n) is 13.2. The van der Waals surface area contributed by atoms with Crippen LogP contribution < -0.4 is 0 Å². The number of halogens is 3. The van der Waals surface area contributed by atoms with Crippen LogP contribution in [0, 0.1) is 0 Å². The summed E-state index contributed by atoms with van der Waals surface area (Å²) in [6.07, 6.45) is -3.29. The number of aromatic nitrogens is 4. The van der Waals surface area contributed by atoms with Gasteiger partial charge in [-0.2, -0.15) is 13.2 Å². The van der Waals surface area contributed by atoms with Gasteiger partial charge in [0, 0.05) is 32.6 Å². The van der Waals surface area contributed by atoms with E-state index in [1.54, 1.807) is 27.4 Å². The molecule has 0 saturated carbocycles. The number of carbonyl (C=O) groups excluding carboxylic acids is 2. The van der Waals surface area contributed by atoms with Crippen LogP contribution in [0.3, 0.4) is 0 Å². The number of carbonyl (C=O) groups is 2. The maximum Gasteiger partial charge on any atom is 0.416 e. The molecule has 4 aromatic rings. The maximum atomic E-state index is 13.5. The molecular formula is C28H27F3N6O4S. The second kappa shape index (κ2) is 12.7. The van der Waals surface area contributed by atoms with Gasteiger partial charge in [-0.05, 0) is 30.7 Å². The van der Waals surface area contributed by atoms with Crippen LogP contribution >= 0.6 is 11.8 Å². The number of oxazole rings is 1. The molecular weight excluding hydrogens is 573 g/mol. The number of alkyl halides is 3. The summed E-state index contributed by atoms with van der Waals surface area (Å²) in [7, 11) is 0. The summed E-state index contributed by atoms with van der Waals surface area (Å²) in [5.74, 6) is 0.549. The van der Waals surface area contributed by atoms with Crippen molar-refractivity contribution in [2.24, 2.45) is 0 Å². The van der Waals surface area contributed by atoms with Gasteiger partial charge in [0.05, 0.1) is 23.6 Å². The molecule has 220 valence electrons. The quantitative estimate of drug-likeness (QED) is 0.258. The Bertz CT molecular complexity index is 1530. The molecule has 0 bridgehead atoms. The van der Waals surface area contributed by atoms with Crippen LogP contribution in [-0.2, 0) is 23.1 Å². The second-order valence-corrected chi connectivity index (χ2v) is 10.3. The van der Waals surface area contributed by atoms with Crippen molar-refractivity contribution >= 4 is 23.8 Å². The summed E-state index contributed by atoms with van der Waals surface area (Å²) in [6, 6.07) is 14.4. The lowest BCUT2D eigenvalue weighted by molar-refractivity contribution is -0.137. The molecule has 3 heterocycles. The lowest BCUT2D eigenvalue weighted by Crippen LogP contribution is -2.50. The van der Waals surface area contributed by atoms with Crippen LogP contribution in [0.4, 0.5) is 18.0 Å². The number of rotatable bonds is 8. The second-order valence-electron chi connectivity index (χ2n) is 9.34. The summed E-state index contributed by atoms with van der Waals surface area (Å²) >= 11 is 1.18. The molecule has 0 atom stereocenters. The first-order valence-corrected chi connectivity index (χ1v) is 14.2. The van der Waals surface area contributed by atoms with Gasteiger partial charge in [-0.3, -0.25) is 9.36 Å². The zero-order chi connectivity index (χ0) is 29.7. The number of nitrogens with zero attached hydrogens (tertiary/aromatic N) is 6. The largest absolute Gasteiger partial charge is 0.450 e. The number of ether oxygens (including phenoxy) is 1. The van der Waals surface area contributed by atoms with Gasteiger partial charge in [0.25, 0.3) is 5.91 Å². The van der Waals surface area contributed by atoms with E-state index in [9.17, 15) is 22.8 Å². The van der Waals surface area contributed by atoms with Gasteiger partial charge in [0.15, 0.2) is 10.9 Å². The van der Waals surface area contributed by atoms with Crippen molar-refractivity contribution in [2.45, 2.75) is 30.4 Å². The van der Waals surface area contributed by atoms with Gasteiger partial charge < -0.3 is 19.0 Å². The van der Waals surface area contributed by atoms with E-state index in [2.05, 4.69) is 15.2 Å². The fourth-order valence-electron chi connectivity index (χ4n) is 4.44. The first-order chi connectivity index (χ1) is 20.2. The van der Waals surface area contributed by atoms with Gasteiger partial charge in [-0.25, -0.2) is 9.78 Å². The van der Waals surface area contributed by atoms with Gasteiger partial charge in [-0.1, -0.05) is 48.2 Å². The van der Waals surface area contributed by atoms with E-state index in [1.807, 2.05) is 30.3 Å². The average molecular weight is 601 g/mol. The molecule has 42 heavy (non-hydrogen) atoms. The highest BCUT2D eigenvalue weighted by atomic mass is 32.2. The van der Waals surface area contributed by atoms with E-state index >= 15 is 0 Å². The first kappa shape index (κ1) is 29.2. The zero-order valence-electron chi connectivity index (χ0n) is 22.6. The van der Waals surface area contributed by atoms with Gasteiger partial charge in [-0.15, -0.1) is 10.2 Å². The molecule has 10 nitrogen and oxygen atoms in total. The highest BCUT2D eigenvalue weighted by Crippen LogP contribution is 2.32. The summed E-state index contributed by atoms with van der Waals surface area (Å²) in [5, 5.41) is 8.88. The lowest BCUT2D eigenvalue weighted by Gasteiger charge is -2.33. The van der Waals surface area contributed by atoms with Crippen molar-refractivity contribution in [1.82, 2.24) is 29.5 Å². The van der Waals surface area contributed by atoms with E-state index in [4.69, 9.17) is 9.15 Å². The predicted molar refractivity (Wildman–Crippen MR) is 146 cm³/mol. The molecule has 0 unspecified atom stereocenters. The Morgan fingerprint density at radius 1 is 1.00 bits per heavy atom. The number of benzene rings is 2. The third kappa shape index (κ3) is 6.75. The van der Waals surface area contributed by atoms with Crippen molar-refractivity contribution in [3.05, 3.63) is 89.4 Å². The molecule has 2 aromatic heterocycles. The average Bonchev–Trinajstić information content (AvgIpc) is 3.63. The van der Waals surface area contributed by atoms with E-state index < -0.39 is 17.8 Å². The Kier molecular flexibility index (Phi) is 8.80. The predicted octanol–water partition coefficient (Wildman–Crippen LogP) is 5.07. The molecule has 0 spiro atoms. The van der Waals surface area contributed by atoms with Crippen LogP contribution in [-0.4, -0.2) is 74.3 Å². The molecule has 0 aliphatic carbocycles. The van der Waals surface area contributed by atoms with Crippen molar-refractivity contribution < 1.29 is 31.9 Å². The molecule has 1 fully saturated rings. The minimum absolute atomic E-state index is 0.124. The van der Waals surface area contributed by atoms with Crippen LogP contribution in [0.15, 0.2) is 70.4 Å². The van der Waals surface area contributed by atoms with E-state index in [0.29, 0.717) is 43.6 Å². The normalized spacial score (nSPS) is 13.8. The van der Waals surface area contributed by atoms with E-state index in [0.717, 1.165) is 17.7 Å². The lowest BCUT2D eigenvalue weighted by atomic mass is 10.1. The van der Waals surface area contributed by atoms with Crippen LogP contribution in [0.1, 0.15) is 40.3 Å². The van der Waals surface area contributed by atoms with Crippen LogP contribution in [0.2, 0.25) is 0 Å². The third-order valence-corrected chi connectivity index (χ3v) is 7.44. The minimum Gasteiger partial charge on any atom is -0.450 e. The molecule has 2 aromatic carbocycles. The summed E-state index contributed by atoms with van der Waals surface area (Å²) in [4.78, 5) is 32.3. The minimum atomic E-state index is -4.51.